The molecule has 0 aromatic heterocycles. The summed E-state index contributed by atoms with van der Waals surface area (Å²) in [6, 6.07) is 7.50. The van der Waals surface area contributed by atoms with Gasteiger partial charge in [0.15, 0.2) is 0 Å². The summed E-state index contributed by atoms with van der Waals surface area (Å²) in [5, 5.41) is 0. The Hall–Kier alpha value is -1.69. The van der Waals surface area contributed by atoms with Crippen molar-refractivity contribution in [2.75, 3.05) is 6.54 Å². The van der Waals surface area contributed by atoms with Gasteiger partial charge >= 0.3 is 5.97 Å². The molecule has 24 heavy (non-hydrogen) atoms. The summed E-state index contributed by atoms with van der Waals surface area (Å²) in [4.78, 5) is 37.8. The maximum Gasteiger partial charge on any atom is 0.307 e. The van der Waals surface area contributed by atoms with Crippen LogP contribution in [-0.4, -0.2) is 29.2 Å². The zero-order valence-corrected chi connectivity index (χ0v) is 15.0. The van der Waals surface area contributed by atoms with Crippen LogP contribution in [0, 0.1) is 11.8 Å². The molecule has 1 aromatic carbocycles. The molecule has 6 heteroatoms. The molecular formula is C18H20BrNO4. The second kappa shape index (κ2) is 7.47. The number of rotatable bonds is 5. The summed E-state index contributed by atoms with van der Waals surface area (Å²) in [5.41, 5.74) is 0.894. The number of carbonyl (C=O) groups is 3. The molecule has 1 saturated heterocycles. The molecule has 1 aliphatic carbocycles. The summed E-state index contributed by atoms with van der Waals surface area (Å²) >= 11 is 3.35. The summed E-state index contributed by atoms with van der Waals surface area (Å²) in [5.74, 6) is -0.931. The van der Waals surface area contributed by atoms with Crippen molar-refractivity contribution in [1.82, 2.24) is 4.90 Å². The van der Waals surface area contributed by atoms with Crippen molar-refractivity contribution in [3.63, 3.8) is 0 Å². The van der Waals surface area contributed by atoms with Crippen molar-refractivity contribution >= 4 is 33.7 Å². The number of nitrogens with zero attached hydrogens (tertiary/aromatic N) is 1. The second-order valence-corrected chi connectivity index (χ2v) is 7.28. The molecule has 0 bridgehead atoms. The lowest BCUT2D eigenvalue weighted by atomic mass is 9.81. The van der Waals surface area contributed by atoms with Gasteiger partial charge in [-0.2, -0.15) is 0 Å². The van der Waals surface area contributed by atoms with E-state index in [-0.39, 0.29) is 43.2 Å². The number of carbonyl (C=O) groups excluding carboxylic acids is 3. The van der Waals surface area contributed by atoms with Gasteiger partial charge < -0.3 is 4.74 Å². The molecule has 0 unspecified atom stereocenters. The first kappa shape index (κ1) is 17.1. The number of benzene rings is 1. The molecular weight excluding hydrogens is 374 g/mol. The Bertz CT molecular complexity index is 619. The molecule has 2 amide bonds. The van der Waals surface area contributed by atoms with Gasteiger partial charge in [-0.05, 0) is 30.5 Å². The van der Waals surface area contributed by atoms with Crippen LogP contribution < -0.4 is 0 Å². The van der Waals surface area contributed by atoms with Crippen molar-refractivity contribution in [2.24, 2.45) is 11.8 Å². The van der Waals surface area contributed by atoms with Gasteiger partial charge in [0, 0.05) is 11.0 Å². The Kier molecular flexibility index (Phi) is 5.33. The minimum atomic E-state index is -0.395. The maximum atomic E-state index is 12.3. The smallest absolute Gasteiger partial charge is 0.307 e. The van der Waals surface area contributed by atoms with Crippen LogP contribution in [0.5, 0.6) is 0 Å². The van der Waals surface area contributed by atoms with E-state index in [9.17, 15) is 14.4 Å². The number of likely N-dealkylation sites (tertiary alicyclic amines) is 1. The van der Waals surface area contributed by atoms with Crippen molar-refractivity contribution in [1.29, 1.82) is 0 Å². The lowest BCUT2D eigenvalue weighted by molar-refractivity contribution is -0.146. The minimum Gasteiger partial charge on any atom is -0.461 e. The number of hydrogen-bond donors (Lipinski definition) is 0. The number of halogens is 1. The first-order valence-electron chi connectivity index (χ1n) is 8.31. The standard InChI is InChI=1S/C18H20BrNO4/c19-13-7-5-12(6-8-13)11-24-16(21)9-10-20-17(22)14-3-1-2-4-15(14)18(20)23/h5-8,14-15H,1-4,9-11H2/t14-,15-/m0/s1. The Morgan fingerprint density at radius 3 is 2.25 bits per heavy atom. The quantitative estimate of drug-likeness (QED) is 0.569. The third-order valence-electron chi connectivity index (χ3n) is 4.79. The molecule has 1 heterocycles. The topological polar surface area (TPSA) is 63.7 Å². The largest absolute Gasteiger partial charge is 0.461 e. The number of hydrogen-bond acceptors (Lipinski definition) is 4. The van der Waals surface area contributed by atoms with Gasteiger partial charge in [-0.1, -0.05) is 40.9 Å². The molecule has 1 saturated carbocycles. The first-order chi connectivity index (χ1) is 11.6. The van der Waals surface area contributed by atoms with Crippen molar-refractivity contribution in [2.45, 2.75) is 38.7 Å². The second-order valence-electron chi connectivity index (χ2n) is 6.36. The highest BCUT2D eigenvalue weighted by Crippen LogP contribution is 2.37. The normalized spacial score (nSPS) is 23.3. The average Bonchev–Trinajstić information content (AvgIpc) is 2.84. The van der Waals surface area contributed by atoms with Crippen LogP contribution in [0.15, 0.2) is 28.7 Å². The fraction of sp³-hybridized carbons (Fsp3) is 0.500. The third-order valence-corrected chi connectivity index (χ3v) is 5.31. The Morgan fingerprint density at radius 1 is 1.08 bits per heavy atom. The molecule has 1 aliphatic heterocycles. The number of esters is 1. The number of fused-ring (bicyclic) bond motifs is 1. The van der Waals surface area contributed by atoms with E-state index in [1.807, 2.05) is 24.3 Å². The predicted octanol–water partition coefficient (Wildman–Crippen LogP) is 3.06. The Balaban J connectivity index is 1.48. The van der Waals surface area contributed by atoms with Gasteiger partial charge in [-0.25, -0.2) is 0 Å². The minimum absolute atomic E-state index is 0.0491. The van der Waals surface area contributed by atoms with Gasteiger partial charge in [0.2, 0.25) is 11.8 Å². The number of ether oxygens (including phenoxy) is 1. The van der Waals surface area contributed by atoms with Crippen molar-refractivity contribution in [3.05, 3.63) is 34.3 Å². The van der Waals surface area contributed by atoms with Crippen LogP contribution in [0.4, 0.5) is 0 Å². The zero-order chi connectivity index (χ0) is 17.1. The molecule has 2 aliphatic rings. The molecule has 0 N–H and O–H groups in total. The summed E-state index contributed by atoms with van der Waals surface area (Å²) in [7, 11) is 0. The van der Waals surface area contributed by atoms with E-state index < -0.39 is 5.97 Å². The summed E-state index contributed by atoms with van der Waals surface area (Å²) in [6.07, 6.45) is 3.64. The lowest BCUT2D eigenvalue weighted by Crippen LogP contribution is -2.33. The van der Waals surface area contributed by atoms with Crippen LogP contribution in [0.1, 0.15) is 37.7 Å². The van der Waals surface area contributed by atoms with Crippen LogP contribution in [-0.2, 0) is 25.7 Å². The SMILES string of the molecule is O=C(CCN1C(=O)[C@H]2CCCC[C@@H]2C1=O)OCc1ccc(Br)cc1. The number of amides is 2. The highest BCUT2D eigenvalue weighted by Gasteiger charge is 2.47. The molecule has 0 radical (unpaired) electrons. The van der Waals surface area contributed by atoms with Crippen LogP contribution in [0.3, 0.4) is 0 Å². The van der Waals surface area contributed by atoms with Gasteiger partial charge in [-0.3, -0.25) is 19.3 Å². The van der Waals surface area contributed by atoms with Gasteiger partial charge in [-0.15, -0.1) is 0 Å². The van der Waals surface area contributed by atoms with Crippen molar-refractivity contribution in [3.8, 4) is 0 Å². The maximum absolute atomic E-state index is 12.3. The molecule has 1 aromatic rings. The van der Waals surface area contributed by atoms with E-state index >= 15 is 0 Å². The molecule has 5 nitrogen and oxygen atoms in total. The van der Waals surface area contributed by atoms with Crippen LogP contribution >= 0.6 is 15.9 Å². The lowest BCUT2D eigenvalue weighted by Gasteiger charge is -2.19. The predicted molar refractivity (Wildman–Crippen MR) is 90.7 cm³/mol. The van der Waals surface area contributed by atoms with Gasteiger partial charge in [0.05, 0.1) is 18.3 Å². The van der Waals surface area contributed by atoms with Crippen LogP contribution in [0.2, 0.25) is 0 Å². The molecule has 128 valence electrons. The Morgan fingerprint density at radius 2 is 1.67 bits per heavy atom. The van der Waals surface area contributed by atoms with E-state index in [4.69, 9.17) is 4.74 Å². The number of imide groups is 1. The zero-order valence-electron chi connectivity index (χ0n) is 13.4. The highest BCUT2D eigenvalue weighted by molar-refractivity contribution is 9.10. The van der Waals surface area contributed by atoms with Gasteiger partial charge in [0.1, 0.15) is 6.61 Å². The highest BCUT2D eigenvalue weighted by atomic mass is 79.9. The summed E-state index contributed by atoms with van der Waals surface area (Å²) in [6.45, 7) is 0.323. The van der Waals surface area contributed by atoms with Gasteiger partial charge in [0.25, 0.3) is 0 Å². The first-order valence-corrected chi connectivity index (χ1v) is 9.11. The fourth-order valence-electron chi connectivity index (χ4n) is 3.47. The monoisotopic (exact) mass is 393 g/mol. The summed E-state index contributed by atoms with van der Waals surface area (Å²) < 4.78 is 6.18. The van der Waals surface area contributed by atoms with E-state index in [1.54, 1.807) is 0 Å². The Labute approximate surface area is 149 Å². The van der Waals surface area contributed by atoms with E-state index in [0.29, 0.717) is 0 Å². The van der Waals surface area contributed by atoms with Crippen LogP contribution in [0.25, 0.3) is 0 Å². The van der Waals surface area contributed by atoms with E-state index in [2.05, 4.69) is 15.9 Å². The average molecular weight is 394 g/mol. The van der Waals surface area contributed by atoms with E-state index in [0.717, 1.165) is 35.7 Å². The molecule has 0 spiro atoms. The van der Waals surface area contributed by atoms with E-state index in [1.165, 1.54) is 4.90 Å². The molecule has 2 fully saturated rings. The molecule has 2 atom stereocenters. The van der Waals surface area contributed by atoms with Crippen molar-refractivity contribution < 1.29 is 19.1 Å². The molecule has 3 rings (SSSR count). The fourth-order valence-corrected chi connectivity index (χ4v) is 3.74. The third kappa shape index (κ3) is 3.69.